The Morgan fingerprint density at radius 3 is 2.65 bits per heavy atom. The highest BCUT2D eigenvalue weighted by molar-refractivity contribution is 5.94. The second kappa shape index (κ2) is 6.57. The first-order chi connectivity index (χ1) is 11.2. The van der Waals surface area contributed by atoms with Crippen molar-refractivity contribution in [2.45, 2.75) is 13.3 Å². The molecule has 0 aliphatic carbocycles. The minimum atomic E-state index is -0.493. The zero-order valence-corrected chi connectivity index (χ0v) is 12.8. The average Bonchev–Trinajstić information content (AvgIpc) is 2.55. The topological polar surface area (TPSA) is 39.2 Å². The molecular weight excluding hydrogens is 293 g/mol. The number of halogens is 1. The van der Waals surface area contributed by atoms with Gasteiger partial charge in [-0.1, -0.05) is 30.3 Å². The Kier molecular flexibility index (Phi) is 4.33. The van der Waals surface area contributed by atoms with Gasteiger partial charge in [0.15, 0.2) is 0 Å². The Hall–Kier alpha value is -2.75. The molecule has 0 unspecified atom stereocenters. The lowest BCUT2D eigenvalue weighted by molar-refractivity contribution is 0.0519. The first-order valence-electron chi connectivity index (χ1n) is 7.47. The third-order valence-corrected chi connectivity index (χ3v) is 3.57. The molecule has 0 saturated carbocycles. The van der Waals surface area contributed by atoms with Gasteiger partial charge in [0.25, 0.3) is 0 Å². The first-order valence-corrected chi connectivity index (χ1v) is 7.47. The van der Waals surface area contributed by atoms with Gasteiger partial charge in [-0.05, 0) is 42.1 Å². The summed E-state index contributed by atoms with van der Waals surface area (Å²) >= 11 is 0. The monoisotopic (exact) mass is 309 g/mol. The maximum atomic E-state index is 13.5. The molecule has 0 radical (unpaired) electrons. The molecule has 0 bridgehead atoms. The second-order valence-electron chi connectivity index (χ2n) is 5.20. The van der Waals surface area contributed by atoms with Crippen molar-refractivity contribution in [3.05, 3.63) is 77.4 Å². The van der Waals surface area contributed by atoms with Gasteiger partial charge < -0.3 is 4.74 Å². The number of carbonyl (C=O) groups is 1. The number of carbonyl (C=O) groups excluding carboxylic acids is 1. The Bertz CT molecular complexity index is 847. The highest BCUT2D eigenvalue weighted by atomic mass is 19.1. The highest BCUT2D eigenvalue weighted by Crippen LogP contribution is 2.22. The smallest absolute Gasteiger partial charge is 0.356 e. The molecule has 2 aromatic carbocycles. The summed E-state index contributed by atoms with van der Waals surface area (Å²) in [5.74, 6) is -0.836. The standard InChI is InChI=1S/C19H16FNO2/c1-2-23-19(22)18-12-14-11-15(20)8-9-16(14)17(21-18)10-13-6-4-3-5-7-13/h3-9,11-12H,2,10H2,1H3. The Labute approximate surface area is 133 Å². The Balaban J connectivity index is 2.11. The number of fused-ring (bicyclic) bond motifs is 1. The lowest BCUT2D eigenvalue weighted by Crippen LogP contribution is -2.09. The molecule has 3 aromatic rings. The van der Waals surface area contributed by atoms with E-state index >= 15 is 0 Å². The minimum absolute atomic E-state index is 0.205. The fourth-order valence-electron chi connectivity index (χ4n) is 2.53. The van der Waals surface area contributed by atoms with Crippen LogP contribution in [0, 0.1) is 5.82 Å². The Morgan fingerprint density at radius 1 is 1.13 bits per heavy atom. The quantitative estimate of drug-likeness (QED) is 0.680. The second-order valence-corrected chi connectivity index (χ2v) is 5.20. The van der Waals surface area contributed by atoms with Crippen molar-refractivity contribution >= 4 is 16.7 Å². The van der Waals surface area contributed by atoms with Gasteiger partial charge in [-0.15, -0.1) is 0 Å². The number of hydrogen-bond donors (Lipinski definition) is 0. The van der Waals surface area contributed by atoms with Gasteiger partial charge in [0.1, 0.15) is 11.5 Å². The predicted octanol–water partition coefficient (Wildman–Crippen LogP) is 4.14. The van der Waals surface area contributed by atoms with Crippen molar-refractivity contribution in [2.75, 3.05) is 6.61 Å². The lowest BCUT2D eigenvalue weighted by atomic mass is 10.0. The van der Waals surface area contributed by atoms with Crippen LogP contribution in [0.3, 0.4) is 0 Å². The van der Waals surface area contributed by atoms with E-state index in [1.54, 1.807) is 19.1 Å². The van der Waals surface area contributed by atoms with Crippen LogP contribution in [0.5, 0.6) is 0 Å². The van der Waals surface area contributed by atoms with E-state index in [1.165, 1.54) is 12.1 Å². The van der Waals surface area contributed by atoms with Crippen molar-refractivity contribution in [1.82, 2.24) is 4.98 Å². The van der Waals surface area contributed by atoms with Gasteiger partial charge in [-0.3, -0.25) is 0 Å². The number of rotatable bonds is 4. The zero-order valence-electron chi connectivity index (χ0n) is 12.8. The number of hydrogen-bond acceptors (Lipinski definition) is 3. The molecule has 1 heterocycles. The maximum Gasteiger partial charge on any atom is 0.356 e. The van der Waals surface area contributed by atoms with E-state index in [1.807, 2.05) is 30.3 Å². The van der Waals surface area contributed by atoms with Crippen LogP contribution in [0.2, 0.25) is 0 Å². The molecule has 0 fully saturated rings. The molecule has 1 aromatic heterocycles. The van der Waals surface area contributed by atoms with Crippen LogP contribution >= 0.6 is 0 Å². The van der Waals surface area contributed by atoms with Gasteiger partial charge in [0.2, 0.25) is 0 Å². The lowest BCUT2D eigenvalue weighted by Gasteiger charge is -2.09. The highest BCUT2D eigenvalue weighted by Gasteiger charge is 2.14. The molecule has 3 rings (SSSR count). The first kappa shape index (κ1) is 15.2. The van der Waals surface area contributed by atoms with Crippen molar-refractivity contribution < 1.29 is 13.9 Å². The predicted molar refractivity (Wildman–Crippen MR) is 86.9 cm³/mol. The maximum absolute atomic E-state index is 13.5. The van der Waals surface area contributed by atoms with E-state index < -0.39 is 5.97 Å². The largest absolute Gasteiger partial charge is 0.461 e. The van der Waals surface area contributed by atoms with Gasteiger partial charge in [0, 0.05) is 11.8 Å². The van der Waals surface area contributed by atoms with E-state index in [-0.39, 0.29) is 18.1 Å². The van der Waals surface area contributed by atoms with Crippen LogP contribution in [0.25, 0.3) is 10.8 Å². The van der Waals surface area contributed by atoms with E-state index in [2.05, 4.69) is 4.98 Å². The molecule has 0 atom stereocenters. The van der Waals surface area contributed by atoms with Crippen LogP contribution in [0.15, 0.2) is 54.6 Å². The van der Waals surface area contributed by atoms with Crippen molar-refractivity contribution in [3.8, 4) is 0 Å². The zero-order chi connectivity index (χ0) is 16.2. The van der Waals surface area contributed by atoms with Crippen LogP contribution in [-0.2, 0) is 11.2 Å². The summed E-state index contributed by atoms with van der Waals surface area (Å²) in [4.78, 5) is 16.4. The summed E-state index contributed by atoms with van der Waals surface area (Å²) in [6.45, 7) is 2.01. The van der Waals surface area contributed by atoms with Gasteiger partial charge in [-0.25, -0.2) is 14.2 Å². The summed E-state index contributed by atoms with van der Waals surface area (Å²) < 4.78 is 18.6. The number of nitrogens with zero attached hydrogens (tertiary/aromatic N) is 1. The van der Waals surface area contributed by atoms with Crippen molar-refractivity contribution in [2.24, 2.45) is 0 Å². The number of esters is 1. The summed E-state index contributed by atoms with van der Waals surface area (Å²) in [6, 6.07) is 15.9. The molecule has 0 N–H and O–H groups in total. The normalized spacial score (nSPS) is 10.7. The van der Waals surface area contributed by atoms with Crippen LogP contribution in [-0.4, -0.2) is 17.6 Å². The van der Waals surface area contributed by atoms with Crippen molar-refractivity contribution in [1.29, 1.82) is 0 Å². The van der Waals surface area contributed by atoms with Crippen LogP contribution in [0.1, 0.15) is 28.7 Å². The van der Waals surface area contributed by atoms with E-state index in [0.717, 1.165) is 16.6 Å². The average molecular weight is 309 g/mol. The van der Waals surface area contributed by atoms with E-state index in [9.17, 15) is 9.18 Å². The number of benzene rings is 2. The SMILES string of the molecule is CCOC(=O)c1cc2cc(F)ccc2c(Cc2ccccc2)n1. The molecule has 3 nitrogen and oxygen atoms in total. The molecule has 4 heteroatoms. The molecule has 116 valence electrons. The summed E-state index contributed by atoms with van der Waals surface area (Å²) in [7, 11) is 0. The summed E-state index contributed by atoms with van der Waals surface area (Å²) in [5.41, 5.74) is 2.01. The minimum Gasteiger partial charge on any atom is -0.461 e. The molecule has 0 saturated heterocycles. The number of aromatic nitrogens is 1. The molecule has 0 amide bonds. The third kappa shape index (κ3) is 3.37. The molecule has 0 aliphatic heterocycles. The fourth-order valence-corrected chi connectivity index (χ4v) is 2.53. The fraction of sp³-hybridized carbons (Fsp3) is 0.158. The van der Waals surface area contributed by atoms with E-state index in [4.69, 9.17) is 4.74 Å². The van der Waals surface area contributed by atoms with Gasteiger partial charge in [0.05, 0.1) is 12.3 Å². The Morgan fingerprint density at radius 2 is 1.91 bits per heavy atom. The number of ether oxygens (including phenoxy) is 1. The molecule has 0 spiro atoms. The molecule has 0 aliphatic rings. The third-order valence-electron chi connectivity index (χ3n) is 3.57. The summed E-state index contributed by atoms with van der Waals surface area (Å²) in [5, 5.41) is 1.48. The van der Waals surface area contributed by atoms with Gasteiger partial charge >= 0.3 is 5.97 Å². The van der Waals surface area contributed by atoms with E-state index in [0.29, 0.717) is 11.8 Å². The van der Waals surface area contributed by atoms with Gasteiger partial charge in [-0.2, -0.15) is 0 Å². The molecular formula is C19H16FNO2. The molecule has 23 heavy (non-hydrogen) atoms. The van der Waals surface area contributed by atoms with Crippen molar-refractivity contribution in [3.63, 3.8) is 0 Å². The van der Waals surface area contributed by atoms with Crippen LogP contribution in [0.4, 0.5) is 4.39 Å². The summed E-state index contributed by atoms with van der Waals surface area (Å²) in [6.07, 6.45) is 0.566. The number of pyridine rings is 1. The van der Waals surface area contributed by atoms with Crippen LogP contribution < -0.4 is 0 Å².